The van der Waals surface area contributed by atoms with Crippen LogP contribution in [0.5, 0.6) is 5.75 Å². The third kappa shape index (κ3) is 4.57. The van der Waals surface area contributed by atoms with Crippen molar-refractivity contribution >= 4 is 5.91 Å². The number of benzene rings is 2. The quantitative estimate of drug-likeness (QED) is 0.862. The highest BCUT2D eigenvalue weighted by Gasteiger charge is 2.21. The number of hydrogen-bond donors (Lipinski definition) is 2. The van der Waals surface area contributed by atoms with Crippen molar-refractivity contribution in [2.75, 3.05) is 13.2 Å². The Bertz CT molecular complexity index is 655. The summed E-state index contributed by atoms with van der Waals surface area (Å²) in [5.41, 5.74) is 2.23. The molecule has 2 rings (SSSR count). The number of aromatic hydroxyl groups is 1. The summed E-state index contributed by atoms with van der Waals surface area (Å²) in [6.45, 7) is 4.66. The Morgan fingerprint density at radius 2 is 1.87 bits per heavy atom. The molecular formula is C19H23NO3. The van der Waals surface area contributed by atoms with Gasteiger partial charge in [-0.15, -0.1) is 0 Å². The monoisotopic (exact) mass is 313 g/mol. The summed E-state index contributed by atoms with van der Waals surface area (Å²) in [6, 6.07) is 14.7. The molecule has 0 aliphatic rings. The van der Waals surface area contributed by atoms with Crippen molar-refractivity contribution in [2.45, 2.75) is 20.4 Å². The van der Waals surface area contributed by atoms with Crippen LogP contribution in [0.4, 0.5) is 0 Å². The molecule has 0 fully saturated rings. The number of hydrogen-bond acceptors (Lipinski definition) is 3. The lowest BCUT2D eigenvalue weighted by Gasteiger charge is -2.26. The lowest BCUT2D eigenvalue weighted by atomic mass is 10.1. The number of nitrogens with zero attached hydrogens (tertiary/aromatic N) is 1. The van der Waals surface area contributed by atoms with Crippen LogP contribution in [0.25, 0.3) is 0 Å². The van der Waals surface area contributed by atoms with E-state index in [1.54, 1.807) is 23.1 Å². The molecule has 0 spiro atoms. The van der Waals surface area contributed by atoms with E-state index in [4.69, 9.17) is 0 Å². The molecule has 0 saturated carbocycles. The Kier molecular flexibility index (Phi) is 5.77. The highest BCUT2D eigenvalue weighted by atomic mass is 16.3. The highest BCUT2D eigenvalue weighted by Crippen LogP contribution is 2.22. The lowest BCUT2D eigenvalue weighted by Crippen LogP contribution is -2.35. The maximum atomic E-state index is 12.9. The first-order chi connectivity index (χ1) is 11.0. The first-order valence-electron chi connectivity index (χ1n) is 7.75. The Morgan fingerprint density at radius 1 is 1.17 bits per heavy atom. The fraction of sp³-hybridized carbons (Fsp3) is 0.316. The summed E-state index contributed by atoms with van der Waals surface area (Å²) >= 11 is 0. The average molecular weight is 313 g/mol. The van der Waals surface area contributed by atoms with Crippen molar-refractivity contribution < 1.29 is 15.0 Å². The molecule has 2 aromatic carbocycles. The lowest BCUT2D eigenvalue weighted by molar-refractivity contribution is 0.0691. The topological polar surface area (TPSA) is 60.8 Å². The van der Waals surface area contributed by atoms with Crippen LogP contribution in [-0.4, -0.2) is 34.2 Å². The number of carbonyl (C=O) groups is 1. The molecule has 2 aromatic rings. The van der Waals surface area contributed by atoms with Crippen molar-refractivity contribution in [3.8, 4) is 5.75 Å². The van der Waals surface area contributed by atoms with E-state index < -0.39 is 0 Å². The zero-order chi connectivity index (χ0) is 16.8. The minimum absolute atomic E-state index is 0.0123. The molecule has 23 heavy (non-hydrogen) atoms. The van der Waals surface area contributed by atoms with Crippen LogP contribution in [0.2, 0.25) is 0 Å². The van der Waals surface area contributed by atoms with E-state index in [-0.39, 0.29) is 24.2 Å². The molecule has 0 saturated heterocycles. The Hall–Kier alpha value is -2.33. The minimum atomic E-state index is -0.227. The Labute approximate surface area is 137 Å². The summed E-state index contributed by atoms with van der Waals surface area (Å²) in [4.78, 5) is 14.5. The first-order valence-corrected chi connectivity index (χ1v) is 7.75. The van der Waals surface area contributed by atoms with Crippen molar-refractivity contribution in [3.05, 3.63) is 65.2 Å². The fourth-order valence-electron chi connectivity index (χ4n) is 2.45. The van der Waals surface area contributed by atoms with E-state index >= 15 is 0 Å². The number of phenols is 1. The molecule has 0 aliphatic carbocycles. The van der Waals surface area contributed by atoms with Gasteiger partial charge in [0.15, 0.2) is 0 Å². The van der Waals surface area contributed by atoms with Crippen molar-refractivity contribution in [2.24, 2.45) is 5.92 Å². The molecule has 0 heterocycles. The smallest absolute Gasteiger partial charge is 0.257 e. The molecule has 0 unspecified atom stereocenters. The zero-order valence-corrected chi connectivity index (χ0v) is 13.6. The number of amides is 1. The van der Waals surface area contributed by atoms with Gasteiger partial charge >= 0.3 is 0 Å². The fourth-order valence-corrected chi connectivity index (χ4v) is 2.45. The molecule has 0 radical (unpaired) electrons. The van der Waals surface area contributed by atoms with Gasteiger partial charge in [0.2, 0.25) is 0 Å². The number of aliphatic hydroxyl groups excluding tert-OH is 1. The second kappa shape index (κ2) is 7.79. The molecule has 0 aliphatic heterocycles. The van der Waals surface area contributed by atoms with Gasteiger partial charge in [-0.2, -0.15) is 0 Å². The van der Waals surface area contributed by atoms with Crippen LogP contribution in [0, 0.1) is 12.8 Å². The third-order valence-electron chi connectivity index (χ3n) is 3.73. The molecule has 1 atom stereocenters. The normalized spacial score (nSPS) is 12.0. The number of phenolic OH excluding ortho intramolecular Hbond substituents is 1. The van der Waals surface area contributed by atoms with Gasteiger partial charge in [0, 0.05) is 19.7 Å². The molecule has 2 N–H and O–H groups in total. The van der Waals surface area contributed by atoms with Crippen molar-refractivity contribution in [1.82, 2.24) is 4.90 Å². The number of carbonyl (C=O) groups excluding carboxylic acids is 1. The summed E-state index contributed by atoms with van der Waals surface area (Å²) in [6.07, 6.45) is 0. The summed E-state index contributed by atoms with van der Waals surface area (Å²) in [5, 5.41) is 19.3. The van der Waals surface area contributed by atoms with Gasteiger partial charge in [0.05, 0.1) is 5.56 Å². The van der Waals surface area contributed by atoms with E-state index in [1.165, 1.54) is 0 Å². The zero-order valence-electron chi connectivity index (χ0n) is 13.6. The predicted molar refractivity (Wildman–Crippen MR) is 90.3 cm³/mol. The van der Waals surface area contributed by atoms with Crippen LogP contribution < -0.4 is 0 Å². The molecule has 4 heteroatoms. The minimum Gasteiger partial charge on any atom is -0.507 e. The summed E-state index contributed by atoms with van der Waals surface area (Å²) in [7, 11) is 0. The highest BCUT2D eigenvalue weighted by molar-refractivity contribution is 5.97. The van der Waals surface area contributed by atoms with Crippen LogP contribution in [0.1, 0.15) is 28.4 Å². The van der Waals surface area contributed by atoms with Crippen LogP contribution in [-0.2, 0) is 6.54 Å². The summed E-state index contributed by atoms with van der Waals surface area (Å²) in [5.74, 6) is -0.278. The van der Waals surface area contributed by atoms with Gasteiger partial charge in [-0.05, 0) is 30.5 Å². The van der Waals surface area contributed by atoms with Gasteiger partial charge < -0.3 is 15.1 Å². The predicted octanol–water partition coefficient (Wildman–Crippen LogP) is 2.97. The maximum absolute atomic E-state index is 12.9. The van der Waals surface area contributed by atoms with Gasteiger partial charge in [-0.1, -0.05) is 48.9 Å². The first kappa shape index (κ1) is 17.0. The number of aryl methyl sites for hydroxylation is 1. The van der Waals surface area contributed by atoms with Crippen LogP contribution in [0.15, 0.2) is 48.5 Å². The number of aliphatic hydroxyl groups is 1. The van der Waals surface area contributed by atoms with E-state index in [0.717, 1.165) is 11.1 Å². The molecular weight excluding hydrogens is 290 g/mol. The second-order valence-corrected chi connectivity index (χ2v) is 5.98. The van der Waals surface area contributed by atoms with E-state index in [2.05, 4.69) is 0 Å². The summed E-state index contributed by atoms with van der Waals surface area (Å²) < 4.78 is 0. The van der Waals surface area contributed by atoms with Gasteiger partial charge in [0.1, 0.15) is 5.75 Å². The molecule has 1 amide bonds. The van der Waals surface area contributed by atoms with E-state index in [9.17, 15) is 15.0 Å². The largest absolute Gasteiger partial charge is 0.507 e. The maximum Gasteiger partial charge on any atom is 0.257 e. The van der Waals surface area contributed by atoms with Crippen LogP contribution in [0.3, 0.4) is 0 Å². The average Bonchev–Trinajstić information content (AvgIpc) is 2.56. The number of rotatable bonds is 6. The Balaban J connectivity index is 2.28. The molecule has 122 valence electrons. The van der Waals surface area contributed by atoms with Gasteiger partial charge in [-0.25, -0.2) is 0 Å². The standard InChI is InChI=1S/C19H23NO3/c1-14-8-9-18(22)17(10-14)19(23)20(11-15(2)13-21)12-16-6-4-3-5-7-16/h3-10,15,21-22H,11-13H2,1-2H3/t15-/m1/s1. The van der Waals surface area contributed by atoms with E-state index in [1.807, 2.05) is 44.2 Å². The SMILES string of the molecule is Cc1ccc(O)c(C(=O)N(Cc2ccccc2)C[C@@H](C)CO)c1. The molecule has 0 bridgehead atoms. The van der Waals surface area contributed by atoms with Crippen molar-refractivity contribution in [3.63, 3.8) is 0 Å². The molecule has 4 nitrogen and oxygen atoms in total. The van der Waals surface area contributed by atoms with E-state index in [0.29, 0.717) is 18.7 Å². The molecule has 0 aromatic heterocycles. The van der Waals surface area contributed by atoms with Gasteiger partial charge in [0.25, 0.3) is 5.91 Å². The third-order valence-corrected chi connectivity index (χ3v) is 3.73. The Morgan fingerprint density at radius 3 is 2.52 bits per heavy atom. The van der Waals surface area contributed by atoms with Crippen LogP contribution >= 0.6 is 0 Å². The van der Waals surface area contributed by atoms with Gasteiger partial charge in [-0.3, -0.25) is 4.79 Å². The second-order valence-electron chi connectivity index (χ2n) is 5.98. The van der Waals surface area contributed by atoms with Crippen molar-refractivity contribution in [1.29, 1.82) is 0 Å².